The molecule has 0 saturated heterocycles. The predicted molar refractivity (Wildman–Crippen MR) is 65.5 cm³/mol. The maximum Gasteiger partial charge on any atom is 0.259 e. The van der Waals surface area contributed by atoms with Gasteiger partial charge in [0, 0.05) is 24.7 Å². The van der Waals surface area contributed by atoms with Crippen LogP contribution in [-0.4, -0.2) is 29.4 Å². The Morgan fingerprint density at radius 1 is 1.53 bits per heavy atom. The second kappa shape index (κ2) is 4.59. The molecule has 2 rings (SSSR count). The van der Waals surface area contributed by atoms with Crippen molar-refractivity contribution in [2.45, 2.75) is 42.6 Å². The Morgan fingerprint density at radius 3 is 2.71 bits per heavy atom. The van der Waals surface area contributed by atoms with Gasteiger partial charge >= 0.3 is 0 Å². The van der Waals surface area contributed by atoms with Crippen molar-refractivity contribution in [1.82, 2.24) is 14.3 Å². The minimum atomic E-state index is -3.54. The second-order valence-electron chi connectivity index (χ2n) is 4.41. The lowest BCUT2D eigenvalue weighted by atomic mass is 10.3. The van der Waals surface area contributed by atoms with Gasteiger partial charge < -0.3 is 4.57 Å². The van der Waals surface area contributed by atoms with Crippen molar-refractivity contribution in [1.29, 1.82) is 0 Å². The molecule has 1 aliphatic carbocycles. The SMILES string of the molecule is Cc1nc(S(=O)(=O)NC2CCCC2Cl)cn1C. The summed E-state index contributed by atoms with van der Waals surface area (Å²) in [6.07, 6.45) is 4.12. The number of imidazole rings is 1. The summed E-state index contributed by atoms with van der Waals surface area (Å²) in [5.74, 6) is 0.666. The molecule has 1 saturated carbocycles. The Morgan fingerprint density at radius 2 is 2.24 bits per heavy atom. The number of alkyl halides is 1. The lowest BCUT2D eigenvalue weighted by molar-refractivity contribution is 0.550. The van der Waals surface area contributed by atoms with Gasteiger partial charge in [-0.1, -0.05) is 6.42 Å². The van der Waals surface area contributed by atoms with E-state index in [1.165, 1.54) is 6.20 Å². The van der Waals surface area contributed by atoms with Gasteiger partial charge in [0.05, 0.1) is 0 Å². The summed E-state index contributed by atoms with van der Waals surface area (Å²) in [7, 11) is -1.78. The molecular formula is C10H16ClN3O2S. The zero-order valence-electron chi connectivity index (χ0n) is 9.85. The molecule has 5 nitrogen and oxygen atoms in total. The van der Waals surface area contributed by atoms with E-state index < -0.39 is 10.0 Å². The van der Waals surface area contributed by atoms with Crippen molar-refractivity contribution in [2.75, 3.05) is 0 Å². The van der Waals surface area contributed by atoms with Crippen molar-refractivity contribution in [3.63, 3.8) is 0 Å². The number of hydrogen-bond acceptors (Lipinski definition) is 3. The van der Waals surface area contributed by atoms with E-state index in [0.717, 1.165) is 19.3 Å². The third kappa shape index (κ3) is 2.64. The van der Waals surface area contributed by atoms with Gasteiger partial charge in [-0.3, -0.25) is 0 Å². The molecule has 0 amide bonds. The van der Waals surface area contributed by atoms with Crippen LogP contribution in [0.25, 0.3) is 0 Å². The molecular weight excluding hydrogens is 262 g/mol. The average molecular weight is 278 g/mol. The van der Waals surface area contributed by atoms with E-state index in [1.54, 1.807) is 18.5 Å². The normalized spacial score (nSPS) is 25.4. The Balaban J connectivity index is 2.19. The highest BCUT2D eigenvalue weighted by Crippen LogP contribution is 2.25. The topological polar surface area (TPSA) is 64.0 Å². The Hall–Kier alpha value is -0.590. The maximum atomic E-state index is 12.1. The Bertz CT molecular complexity index is 492. The highest BCUT2D eigenvalue weighted by atomic mass is 35.5. The summed E-state index contributed by atoms with van der Waals surface area (Å²) in [5.41, 5.74) is 0. The van der Waals surface area contributed by atoms with Crippen LogP contribution in [0.15, 0.2) is 11.2 Å². The van der Waals surface area contributed by atoms with Crippen LogP contribution in [0.3, 0.4) is 0 Å². The molecule has 1 heterocycles. The summed E-state index contributed by atoms with van der Waals surface area (Å²) < 4.78 is 28.4. The van der Waals surface area contributed by atoms with E-state index in [-0.39, 0.29) is 16.4 Å². The first-order valence-electron chi connectivity index (χ1n) is 5.56. The highest BCUT2D eigenvalue weighted by molar-refractivity contribution is 7.89. The van der Waals surface area contributed by atoms with E-state index in [9.17, 15) is 8.42 Å². The third-order valence-corrected chi connectivity index (χ3v) is 4.98. The van der Waals surface area contributed by atoms with Gasteiger partial charge in [0.2, 0.25) is 0 Å². The van der Waals surface area contributed by atoms with Crippen molar-refractivity contribution < 1.29 is 8.42 Å². The Labute approximate surface area is 106 Å². The molecule has 0 bridgehead atoms. The molecule has 2 unspecified atom stereocenters. The minimum absolute atomic E-state index is 0.0632. The first kappa shape index (κ1) is 12.9. The first-order valence-corrected chi connectivity index (χ1v) is 7.48. The molecule has 0 spiro atoms. The number of sulfonamides is 1. The molecule has 2 atom stereocenters. The molecule has 0 aliphatic heterocycles. The van der Waals surface area contributed by atoms with Crippen LogP contribution in [0.1, 0.15) is 25.1 Å². The summed E-state index contributed by atoms with van der Waals surface area (Å²) in [4.78, 5) is 4.02. The van der Waals surface area contributed by atoms with Gasteiger partial charge in [-0.05, 0) is 19.8 Å². The van der Waals surface area contributed by atoms with Gasteiger partial charge in [0.1, 0.15) is 5.82 Å². The summed E-state index contributed by atoms with van der Waals surface area (Å²) in [6.45, 7) is 1.76. The van der Waals surface area contributed by atoms with Crippen molar-refractivity contribution in [3.8, 4) is 0 Å². The van der Waals surface area contributed by atoms with Gasteiger partial charge in [0.25, 0.3) is 10.0 Å². The number of aromatic nitrogens is 2. The quantitative estimate of drug-likeness (QED) is 0.844. The fourth-order valence-corrected chi connectivity index (χ4v) is 3.73. The third-order valence-electron chi connectivity index (χ3n) is 3.10. The van der Waals surface area contributed by atoms with Crippen LogP contribution in [0.4, 0.5) is 0 Å². The Kier molecular flexibility index (Phi) is 3.47. The van der Waals surface area contributed by atoms with Crippen LogP contribution in [0.5, 0.6) is 0 Å². The maximum absolute atomic E-state index is 12.1. The zero-order valence-corrected chi connectivity index (χ0v) is 11.4. The molecule has 1 N–H and O–H groups in total. The molecule has 0 radical (unpaired) electrons. The van der Waals surface area contributed by atoms with E-state index in [1.807, 2.05) is 0 Å². The number of nitrogens with zero attached hydrogens (tertiary/aromatic N) is 2. The lowest BCUT2D eigenvalue weighted by Gasteiger charge is -2.14. The van der Waals surface area contributed by atoms with Crippen LogP contribution >= 0.6 is 11.6 Å². The summed E-state index contributed by atoms with van der Waals surface area (Å²) >= 11 is 6.06. The minimum Gasteiger partial charge on any atom is -0.337 e. The molecule has 0 aromatic carbocycles. The number of aryl methyl sites for hydroxylation is 2. The monoisotopic (exact) mass is 277 g/mol. The molecule has 7 heteroatoms. The zero-order chi connectivity index (χ0) is 12.6. The van der Waals surface area contributed by atoms with E-state index in [0.29, 0.717) is 5.82 Å². The van der Waals surface area contributed by atoms with Crippen LogP contribution in [-0.2, 0) is 17.1 Å². The lowest BCUT2D eigenvalue weighted by Crippen LogP contribution is -2.37. The molecule has 1 aliphatic rings. The summed E-state index contributed by atoms with van der Waals surface area (Å²) in [6, 6.07) is -0.177. The van der Waals surface area contributed by atoms with E-state index in [4.69, 9.17) is 11.6 Å². The smallest absolute Gasteiger partial charge is 0.259 e. The first-order chi connectivity index (χ1) is 7.90. The summed E-state index contributed by atoms with van der Waals surface area (Å²) in [5, 5.41) is -0.0529. The van der Waals surface area contributed by atoms with Gasteiger partial charge in [-0.2, -0.15) is 0 Å². The predicted octanol–water partition coefficient (Wildman–Crippen LogP) is 1.17. The molecule has 96 valence electrons. The van der Waals surface area contributed by atoms with Crippen LogP contribution in [0.2, 0.25) is 0 Å². The number of rotatable bonds is 3. The second-order valence-corrected chi connectivity index (χ2v) is 6.63. The van der Waals surface area contributed by atoms with Gasteiger partial charge in [-0.15, -0.1) is 11.6 Å². The largest absolute Gasteiger partial charge is 0.337 e. The standard InChI is InChI=1S/C10H16ClN3O2S/c1-7-12-10(6-14(7)2)17(15,16)13-9-5-3-4-8(9)11/h6,8-9,13H,3-5H2,1-2H3. The molecule has 1 aromatic heterocycles. The fourth-order valence-electron chi connectivity index (χ4n) is 1.96. The van der Waals surface area contributed by atoms with Crippen LogP contribution < -0.4 is 4.72 Å². The molecule has 1 aromatic rings. The van der Waals surface area contributed by atoms with Gasteiger partial charge in [0.15, 0.2) is 5.03 Å². The number of nitrogens with one attached hydrogen (secondary N) is 1. The molecule has 1 fully saturated rings. The van der Waals surface area contributed by atoms with Crippen LogP contribution in [0, 0.1) is 6.92 Å². The van der Waals surface area contributed by atoms with Crippen molar-refractivity contribution >= 4 is 21.6 Å². The fraction of sp³-hybridized carbons (Fsp3) is 0.700. The van der Waals surface area contributed by atoms with E-state index >= 15 is 0 Å². The molecule has 17 heavy (non-hydrogen) atoms. The number of hydrogen-bond donors (Lipinski definition) is 1. The van der Waals surface area contributed by atoms with Crippen molar-refractivity contribution in [2.24, 2.45) is 7.05 Å². The average Bonchev–Trinajstić information content (AvgIpc) is 2.76. The van der Waals surface area contributed by atoms with Gasteiger partial charge in [-0.25, -0.2) is 18.1 Å². The highest BCUT2D eigenvalue weighted by Gasteiger charge is 2.30. The number of halogens is 1. The van der Waals surface area contributed by atoms with E-state index in [2.05, 4.69) is 9.71 Å². The van der Waals surface area contributed by atoms with Crippen molar-refractivity contribution in [3.05, 3.63) is 12.0 Å².